The smallest absolute Gasteiger partial charge is 0.155 e. The Morgan fingerprint density at radius 3 is 2.56 bits per heavy atom. The van der Waals surface area contributed by atoms with E-state index in [1.165, 1.54) is 0 Å². The molecule has 0 radical (unpaired) electrons. The van der Waals surface area contributed by atoms with Crippen LogP contribution in [0.3, 0.4) is 0 Å². The van der Waals surface area contributed by atoms with Gasteiger partial charge in [0.1, 0.15) is 0 Å². The molecule has 102 valence electrons. The summed E-state index contributed by atoms with van der Waals surface area (Å²) in [4.78, 5) is 0. The molecule has 0 aliphatic rings. The molecule has 1 rings (SSSR count). The Morgan fingerprint density at radius 1 is 1.17 bits per heavy atom. The second-order valence-electron chi connectivity index (χ2n) is 4.64. The number of ether oxygens (including phenoxy) is 1. The van der Waals surface area contributed by atoms with Gasteiger partial charge in [-0.3, -0.25) is 0 Å². The minimum atomic E-state index is 0.310. The summed E-state index contributed by atoms with van der Waals surface area (Å²) in [7, 11) is 0. The van der Waals surface area contributed by atoms with E-state index in [4.69, 9.17) is 16.3 Å². The number of aromatic nitrogens is 2. The van der Waals surface area contributed by atoms with Gasteiger partial charge in [-0.1, -0.05) is 11.6 Å². The van der Waals surface area contributed by atoms with Crippen molar-refractivity contribution in [1.29, 1.82) is 0 Å². The number of nitrogens with zero attached hydrogens (tertiary/aromatic N) is 2. The van der Waals surface area contributed by atoms with Crippen molar-refractivity contribution < 1.29 is 4.74 Å². The van der Waals surface area contributed by atoms with Crippen LogP contribution < -0.4 is 5.32 Å². The first-order chi connectivity index (χ1) is 8.52. The highest BCUT2D eigenvalue weighted by Crippen LogP contribution is 2.20. The Kier molecular flexibility index (Phi) is 6.36. The fraction of sp³-hybridized carbons (Fsp3) is 0.692. The molecule has 0 aromatic carbocycles. The van der Waals surface area contributed by atoms with Crippen molar-refractivity contribution in [3.8, 4) is 0 Å². The molecule has 0 saturated carbocycles. The molecule has 0 spiro atoms. The van der Waals surface area contributed by atoms with Gasteiger partial charge >= 0.3 is 0 Å². The molecule has 0 bridgehead atoms. The number of unbranched alkanes of at least 4 members (excludes halogenated alkanes) is 1. The summed E-state index contributed by atoms with van der Waals surface area (Å²) < 4.78 is 5.48. The fourth-order valence-corrected chi connectivity index (χ4v) is 1.68. The van der Waals surface area contributed by atoms with Crippen molar-refractivity contribution in [3.63, 3.8) is 0 Å². The summed E-state index contributed by atoms with van der Waals surface area (Å²) >= 11 is 5.90. The Bertz CT molecular complexity index is 383. The van der Waals surface area contributed by atoms with Gasteiger partial charge in [-0.05, 0) is 51.7 Å². The second kappa shape index (κ2) is 7.54. The van der Waals surface area contributed by atoms with Gasteiger partial charge in [0.05, 0.1) is 6.10 Å². The summed E-state index contributed by atoms with van der Waals surface area (Å²) in [6, 6.07) is 0. The third-order valence-electron chi connectivity index (χ3n) is 2.78. The number of hydrogen-bond donors (Lipinski definition) is 1. The van der Waals surface area contributed by atoms with Crippen LogP contribution in [0, 0.1) is 13.8 Å². The van der Waals surface area contributed by atoms with E-state index in [9.17, 15) is 0 Å². The van der Waals surface area contributed by atoms with Crippen LogP contribution in [-0.2, 0) is 4.74 Å². The molecular formula is C13H22ClN3O. The van der Waals surface area contributed by atoms with Gasteiger partial charge in [-0.25, -0.2) is 0 Å². The molecule has 0 saturated heterocycles. The third-order valence-corrected chi connectivity index (χ3v) is 3.14. The van der Waals surface area contributed by atoms with Crippen molar-refractivity contribution in [2.24, 2.45) is 0 Å². The van der Waals surface area contributed by atoms with Crippen LogP contribution in [0.15, 0.2) is 0 Å². The molecular weight excluding hydrogens is 250 g/mol. The SMILES string of the molecule is Cc1c(Cl)nnc(NCCCCOC(C)C)c1C. The molecule has 1 aromatic rings. The Balaban J connectivity index is 2.30. The van der Waals surface area contributed by atoms with Crippen molar-refractivity contribution in [2.75, 3.05) is 18.5 Å². The van der Waals surface area contributed by atoms with Crippen LogP contribution in [0.25, 0.3) is 0 Å². The molecule has 4 nitrogen and oxygen atoms in total. The van der Waals surface area contributed by atoms with Gasteiger partial charge in [-0.2, -0.15) is 0 Å². The maximum Gasteiger partial charge on any atom is 0.155 e. The zero-order valence-electron chi connectivity index (χ0n) is 11.6. The van der Waals surface area contributed by atoms with E-state index >= 15 is 0 Å². The van der Waals surface area contributed by atoms with Gasteiger partial charge in [0, 0.05) is 13.2 Å². The molecule has 0 unspecified atom stereocenters. The first-order valence-corrected chi connectivity index (χ1v) is 6.75. The quantitative estimate of drug-likeness (QED) is 0.773. The van der Waals surface area contributed by atoms with Crippen LogP contribution in [0.2, 0.25) is 5.15 Å². The minimum Gasteiger partial charge on any atom is -0.379 e. The van der Waals surface area contributed by atoms with E-state index in [2.05, 4.69) is 15.5 Å². The Labute approximate surface area is 114 Å². The van der Waals surface area contributed by atoms with E-state index in [-0.39, 0.29) is 0 Å². The second-order valence-corrected chi connectivity index (χ2v) is 5.00. The zero-order valence-corrected chi connectivity index (χ0v) is 12.3. The summed E-state index contributed by atoms with van der Waals surface area (Å²) in [6.45, 7) is 9.73. The first-order valence-electron chi connectivity index (χ1n) is 6.37. The lowest BCUT2D eigenvalue weighted by molar-refractivity contribution is 0.0765. The number of anilines is 1. The maximum atomic E-state index is 5.90. The standard InChI is InChI=1S/C13H22ClN3O/c1-9(2)18-8-6-5-7-15-13-11(4)10(3)12(14)16-17-13/h9H,5-8H2,1-4H3,(H,15,17). The minimum absolute atomic E-state index is 0.310. The number of hydrogen-bond acceptors (Lipinski definition) is 4. The van der Waals surface area contributed by atoms with Crippen molar-refractivity contribution in [1.82, 2.24) is 10.2 Å². The van der Waals surface area contributed by atoms with Crippen molar-refractivity contribution in [2.45, 2.75) is 46.6 Å². The molecule has 0 atom stereocenters. The third kappa shape index (κ3) is 4.78. The number of nitrogens with one attached hydrogen (secondary N) is 1. The van der Waals surface area contributed by atoms with Crippen molar-refractivity contribution >= 4 is 17.4 Å². The summed E-state index contributed by atoms with van der Waals surface area (Å²) in [5.41, 5.74) is 2.05. The summed E-state index contributed by atoms with van der Waals surface area (Å²) in [6.07, 6.45) is 2.41. The summed E-state index contributed by atoms with van der Waals surface area (Å²) in [5, 5.41) is 11.7. The molecule has 0 amide bonds. The molecule has 1 N–H and O–H groups in total. The van der Waals surface area contributed by atoms with Gasteiger partial charge in [-0.15, -0.1) is 10.2 Å². The predicted octanol–water partition coefficient (Wildman–Crippen LogP) is 3.36. The van der Waals surface area contributed by atoms with Crippen LogP contribution >= 0.6 is 11.6 Å². The predicted molar refractivity (Wildman–Crippen MR) is 75.3 cm³/mol. The molecule has 0 aliphatic carbocycles. The highest BCUT2D eigenvalue weighted by molar-refractivity contribution is 6.30. The fourth-order valence-electron chi connectivity index (χ4n) is 1.50. The Hall–Kier alpha value is -0.870. The van der Waals surface area contributed by atoms with Crippen LogP contribution in [-0.4, -0.2) is 29.5 Å². The van der Waals surface area contributed by atoms with Gasteiger partial charge in [0.15, 0.2) is 11.0 Å². The van der Waals surface area contributed by atoms with Gasteiger partial charge in [0.2, 0.25) is 0 Å². The molecule has 1 aromatic heterocycles. The first kappa shape index (κ1) is 15.2. The number of rotatable bonds is 7. The lowest BCUT2D eigenvalue weighted by atomic mass is 10.2. The van der Waals surface area contributed by atoms with E-state index in [1.807, 2.05) is 27.7 Å². The van der Waals surface area contributed by atoms with Crippen molar-refractivity contribution in [3.05, 3.63) is 16.3 Å². The van der Waals surface area contributed by atoms with E-state index < -0.39 is 0 Å². The molecule has 5 heteroatoms. The molecule has 0 aliphatic heterocycles. The summed E-state index contributed by atoms with van der Waals surface area (Å²) in [5.74, 6) is 0.821. The monoisotopic (exact) mass is 271 g/mol. The van der Waals surface area contributed by atoms with Gasteiger partial charge < -0.3 is 10.1 Å². The number of halogens is 1. The normalized spacial score (nSPS) is 11.0. The average molecular weight is 272 g/mol. The van der Waals surface area contributed by atoms with E-state index in [0.29, 0.717) is 11.3 Å². The van der Waals surface area contributed by atoms with Crippen LogP contribution in [0.4, 0.5) is 5.82 Å². The molecule has 1 heterocycles. The van der Waals surface area contributed by atoms with Crippen LogP contribution in [0.1, 0.15) is 37.8 Å². The van der Waals surface area contributed by atoms with E-state index in [0.717, 1.165) is 42.9 Å². The lowest BCUT2D eigenvalue weighted by Gasteiger charge is -2.11. The molecule has 0 fully saturated rings. The maximum absolute atomic E-state index is 5.90. The average Bonchev–Trinajstić information content (AvgIpc) is 2.33. The zero-order chi connectivity index (χ0) is 13.5. The van der Waals surface area contributed by atoms with Gasteiger partial charge in [0.25, 0.3) is 0 Å². The highest BCUT2D eigenvalue weighted by Gasteiger charge is 2.07. The highest BCUT2D eigenvalue weighted by atomic mass is 35.5. The Morgan fingerprint density at radius 2 is 1.89 bits per heavy atom. The topological polar surface area (TPSA) is 47.0 Å². The largest absolute Gasteiger partial charge is 0.379 e. The van der Waals surface area contributed by atoms with Crippen LogP contribution in [0.5, 0.6) is 0 Å². The molecule has 18 heavy (non-hydrogen) atoms. The lowest BCUT2D eigenvalue weighted by Crippen LogP contribution is -2.09. The van der Waals surface area contributed by atoms with E-state index in [1.54, 1.807) is 0 Å².